The van der Waals surface area contributed by atoms with E-state index in [1.807, 2.05) is 48.5 Å². The number of carbonyl (C=O) groups is 1. The van der Waals surface area contributed by atoms with E-state index >= 15 is 0 Å². The highest BCUT2D eigenvalue weighted by molar-refractivity contribution is 7.99. The molecule has 0 aliphatic carbocycles. The summed E-state index contributed by atoms with van der Waals surface area (Å²) in [6, 6.07) is 37.6. The number of imidazole rings is 1. The first kappa shape index (κ1) is 33.2. The SMILES string of the molecule is CCCN(CCC)S(=O)(=O)c1ccc(C(=O)NCCc2cn(SC(c3ccccc3)(c3ccccc3)c3ccccc3)cn2)cc1. The van der Waals surface area contributed by atoms with Crippen LogP contribution in [0.3, 0.4) is 0 Å². The monoisotopic (exact) mass is 652 g/mol. The van der Waals surface area contributed by atoms with Gasteiger partial charge in [-0.15, -0.1) is 0 Å². The molecule has 238 valence electrons. The van der Waals surface area contributed by atoms with Gasteiger partial charge in [-0.25, -0.2) is 13.4 Å². The van der Waals surface area contributed by atoms with E-state index in [1.165, 1.54) is 16.4 Å². The summed E-state index contributed by atoms with van der Waals surface area (Å²) in [7, 11) is -3.60. The topological polar surface area (TPSA) is 84.3 Å². The molecule has 1 aromatic heterocycles. The van der Waals surface area contributed by atoms with Gasteiger partial charge in [0.05, 0.1) is 10.6 Å². The minimum Gasteiger partial charge on any atom is -0.352 e. The second-order valence-electron chi connectivity index (χ2n) is 11.0. The highest BCUT2D eigenvalue weighted by atomic mass is 32.2. The van der Waals surface area contributed by atoms with Gasteiger partial charge in [-0.3, -0.25) is 8.77 Å². The summed E-state index contributed by atoms with van der Waals surface area (Å²) < 4.78 is 29.2. The smallest absolute Gasteiger partial charge is 0.251 e. The molecule has 5 aromatic rings. The van der Waals surface area contributed by atoms with Crippen molar-refractivity contribution in [3.8, 4) is 0 Å². The maximum atomic E-state index is 13.1. The number of hydrogen-bond acceptors (Lipinski definition) is 5. The van der Waals surface area contributed by atoms with Crippen LogP contribution in [0.2, 0.25) is 0 Å². The van der Waals surface area contributed by atoms with Crippen LogP contribution in [0.5, 0.6) is 0 Å². The summed E-state index contributed by atoms with van der Waals surface area (Å²) in [6.07, 6.45) is 5.86. The number of aromatic nitrogens is 2. The van der Waals surface area contributed by atoms with Crippen LogP contribution in [-0.2, 0) is 21.2 Å². The van der Waals surface area contributed by atoms with E-state index in [9.17, 15) is 13.2 Å². The Morgan fingerprint density at radius 2 is 1.28 bits per heavy atom. The molecule has 1 heterocycles. The van der Waals surface area contributed by atoms with E-state index < -0.39 is 14.8 Å². The predicted octanol–water partition coefficient (Wildman–Crippen LogP) is 7.15. The number of hydrogen-bond donors (Lipinski definition) is 1. The van der Waals surface area contributed by atoms with Gasteiger partial charge in [-0.05, 0) is 65.7 Å². The highest BCUT2D eigenvalue weighted by Crippen LogP contribution is 2.48. The normalized spacial score (nSPS) is 11.9. The van der Waals surface area contributed by atoms with Crippen molar-refractivity contribution in [1.82, 2.24) is 18.6 Å². The summed E-state index contributed by atoms with van der Waals surface area (Å²) >= 11 is 1.68. The van der Waals surface area contributed by atoms with Crippen molar-refractivity contribution in [3.05, 3.63) is 156 Å². The third kappa shape index (κ3) is 7.44. The summed E-state index contributed by atoms with van der Waals surface area (Å²) in [5.41, 5.74) is 4.73. The van der Waals surface area contributed by atoms with Crippen molar-refractivity contribution in [3.63, 3.8) is 0 Å². The number of rotatable bonds is 15. The summed E-state index contributed by atoms with van der Waals surface area (Å²) in [5, 5.41) is 2.95. The van der Waals surface area contributed by atoms with E-state index in [-0.39, 0.29) is 10.8 Å². The van der Waals surface area contributed by atoms with Crippen LogP contribution in [0.4, 0.5) is 0 Å². The number of nitrogens with zero attached hydrogens (tertiary/aromatic N) is 3. The Kier molecular flexibility index (Phi) is 11.1. The summed E-state index contributed by atoms with van der Waals surface area (Å²) in [4.78, 5) is 17.8. The van der Waals surface area contributed by atoms with E-state index in [0.717, 1.165) is 35.2 Å². The summed E-state index contributed by atoms with van der Waals surface area (Å²) in [5.74, 6) is -0.257. The van der Waals surface area contributed by atoms with Gasteiger partial charge in [-0.2, -0.15) is 4.31 Å². The molecule has 0 unspecified atom stereocenters. The summed E-state index contributed by atoms with van der Waals surface area (Å²) in [6.45, 7) is 5.25. The largest absolute Gasteiger partial charge is 0.352 e. The molecule has 9 heteroatoms. The molecule has 46 heavy (non-hydrogen) atoms. The Balaban J connectivity index is 1.28. The van der Waals surface area contributed by atoms with E-state index in [1.54, 1.807) is 24.1 Å². The lowest BCUT2D eigenvalue weighted by molar-refractivity contribution is 0.0954. The molecule has 0 saturated heterocycles. The van der Waals surface area contributed by atoms with Crippen LogP contribution in [0.1, 0.15) is 59.4 Å². The van der Waals surface area contributed by atoms with Gasteiger partial charge in [0.1, 0.15) is 11.1 Å². The predicted molar refractivity (Wildman–Crippen MR) is 186 cm³/mol. The third-order valence-electron chi connectivity index (χ3n) is 7.76. The van der Waals surface area contributed by atoms with Crippen molar-refractivity contribution >= 4 is 27.9 Å². The van der Waals surface area contributed by atoms with Crippen molar-refractivity contribution in [2.75, 3.05) is 19.6 Å². The maximum absolute atomic E-state index is 13.1. The molecule has 0 radical (unpaired) electrons. The molecule has 7 nitrogen and oxygen atoms in total. The first-order chi connectivity index (χ1) is 22.4. The van der Waals surface area contributed by atoms with Crippen LogP contribution < -0.4 is 5.32 Å². The molecule has 5 rings (SSSR count). The van der Waals surface area contributed by atoms with Crippen LogP contribution in [-0.4, -0.2) is 47.2 Å². The lowest BCUT2D eigenvalue weighted by Gasteiger charge is -2.35. The zero-order valence-electron chi connectivity index (χ0n) is 26.2. The average molecular weight is 653 g/mol. The zero-order chi connectivity index (χ0) is 32.4. The zero-order valence-corrected chi connectivity index (χ0v) is 27.9. The molecule has 0 aliphatic rings. The van der Waals surface area contributed by atoms with Crippen LogP contribution in [0.25, 0.3) is 0 Å². The second kappa shape index (κ2) is 15.4. The van der Waals surface area contributed by atoms with Crippen molar-refractivity contribution in [2.24, 2.45) is 0 Å². The first-order valence-corrected chi connectivity index (χ1v) is 17.9. The molecule has 1 amide bonds. The Bertz CT molecular complexity index is 1690. The fourth-order valence-electron chi connectivity index (χ4n) is 5.54. The Hall–Kier alpha value is -4.18. The third-order valence-corrected chi connectivity index (χ3v) is 11.1. The number of amides is 1. The average Bonchev–Trinajstić information content (AvgIpc) is 3.55. The second-order valence-corrected chi connectivity index (χ2v) is 14.2. The molecule has 0 fully saturated rings. The standard InChI is InChI=1S/C37H40N4O3S2/c1-3-26-41(27-4-2)46(43,44)35-22-20-30(21-23-35)36(42)38-25-24-34-28-40(29-39-34)45-37(31-14-8-5-9-15-31,32-16-10-6-11-17-32)33-18-12-7-13-19-33/h5-23,28-29H,3-4,24-27H2,1-2H3,(H,38,42). The van der Waals surface area contributed by atoms with Crippen LogP contribution in [0.15, 0.2) is 133 Å². The number of benzene rings is 4. The lowest BCUT2D eigenvalue weighted by Crippen LogP contribution is -2.32. The quantitative estimate of drug-likeness (QED) is 0.121. The maximum Gasteiger partial charge on any atom is 0.251 e. The van der Waals surface area contributed by atoms with Gasteiger partial charge < -0.3 is 5.32 Å². The van der Waals surface area contributed by atoms with Gasteiger partial charge in [0.25, 0.3) is 5.91 Å². The van der Waals surface area contributed by atoms with E-state index in [0.29, 0.717) is 31.6 Å². The molecule has 0 aliphatic heterocycles. The minimum atomic E-state index is -3.60. The molecule has 0 saturated carbocycles. The molecule has 0 atom stereocenters. The molecule has 0 bridgehead atoms. The number of sulfonamides is 1. The Labute approximate surface area is 276 Å². The first-order valence-electron chi connectivity index (χ1n) is 15.7. The number of nitrogens with one attached hydrogen (secondary N) is 1. The van der Waals surface area contributed by atoms with Crippen molar-refractivity contribution < 1.29 is 13.2 Å². The number of carbonyl (C=O) groups excluding carboxylic acids is 1. The Morgan fingerprint density at radius 1 is 0.783 bits per heavy atom. The van der Waals surface area contributed by atoms with E-state index in [4.69, 9.17) is 0 Å². The Morgan fingerprint density at radius 3 is 1.76 bits per heavy atom. The highest BCUT2D eigenvalue weighted by Gasteiger charge is 2.38. The van der Waals surface area contributed by atoms with E-state index in [2.05, 4.69) is 83.1 Å². The molecule has 4 aromatic carbocycles. The van der Waals surface area contributed by atoms with Crippen LogP contribution >= 0.6 is 11.9 Å². The van der Waals surface area contributed by atoms with Crippen molar-refractivity contribution in [1.29, 1.82) is 0 Å². The van der Waals surface area contributed by atoms with Crippen molar-refractivity contribution in [2.45, 2.75) is 42.8 Å². The fraction of sp³-hybridized carbons (Fsp3) is 0.243. The van der Waals surface area contributed by atoms with Gasteiger partial charge in [0.15, 0.2) is 0 Å². The van der Waals surface area contributed by atoms with Gasteiger partial charge >= 0.3 is 0 Å². The molecular formula is C37H40N4O3S2. The minimum absolute atomic E-state index is 0.201. The van der Waals surface area contributed by atoms with Gasteiger partial charge in [0, 0.05) is 37.8 Å². The fourth-order valence-corrected chi connectivity index (χ4v) is 8.48. The lowest BCUT2D eigenvalue weighted by atomic mass is 9.84. The van der Waals surface area contributed by atoms with Gasteiger partial charge in [0.2, 0.25) is 10.0 Å². The van der Waals surface area contributed by atoms with Gasteiger partial charge in [-0.1, -0.05) is 105 Å². The molecule has 1 N–H and O–H groups in total. The molecule has 0 spiro atoms. The molecular weight excluding hydrogens is 613 g/mol. The van der Waals surface area contributed by atoms with Crippen LogP contribution in [0, 0.1) is 0 Å².